The number of imidazole rings is 1. The van der Waals surface area contributed by atoms with Crippen molar-refractivity contribution < 1.29 is 0 Å². The maximum Gasteiger partial charge on any atom is 0.113 e. The third-order valence-corrected chi connectivity index (χ3v) is 3.97. The Kier molecular flexibility index (Phi) is 4.25. The molecule has 1 heterocycles. The number of hydrazone groups is 1. The number of anilines is 1. The van der Waals surface area contributed by atoms with Crippen molar-refractivity contribution in [3.05, 3.63) is 96.3 Å². The second-order valence-electron chi connectivity index (χ2n) is 5.78. The number of fused-ring (bicyclic) bond motifs is 1. The van der Waals surface area contributed by atoms with Gasteiger partial charge in [-0.05, 0) is 29.8 Å². The molecule has 25 heavy (non-hydrogen) atoms. The largest absolute Gasteiger partial charge is 0.342 e. The molecule has 0 aliphatic rings. The number of para-hydroxylation sites is 3. The third kappa shape index (κ3) is 3.58. The summed E-state index contributed by atoms with van der Waals surface area (Å²) < 4.78 is 0. The van der Waals surface area contributed by atoms with Gasteiger partial charge in [0, 0.05) is 0 Å². The minimum absolute atomic E-state index is 0.624. The molecule has 1 aromatic heterocycles. The number of H-pyrrole nitrogens is 1. The van der Waals surface area contributed by atoms with Gasteiger partial charge in [-0.1, -0.05) is 60.7 Å². The van der Waals surface area contributed by atoms with Crippen molar-refractivity contribution in [2.24, 2.45) is 5.10 Å². The Hall–Kier alpha value is -3.40. The highest BCUT2D eigenvalue weighted by Crippen LogP contribution is 2.14. The lowest BCUT2D eigenvalue weighted by atomic mass is 10.1. The summed E-state index contributed by atoms with van der Waals surface area (Å²) >= 11 is 0. The topological polar surface area (TPSA) is 53.1 Å². The number of hydrogen-bond acceptors (Lipinski definition) is 3. The molecule has 4 rings (SSSR count). The second kappa shape index (κ2) is 7.01. The molecule has 0 aliphatic carbocycles. The minimum atomic E-state index is 0.624. The van der Waals surface area contributed by atoms with Crippen LogP contribution < -0.4 is 5.43 Å². The maximum absolute atomic E-state index is 4.67. The molecule has 0 spiro atoms. The quantitative estimate of drug-likeness (QED) is 0.415. The van der Waals surface area contributed by atoms with Crippen LogP contribution in [0.15, 0.2) is 90.0 Å². The highest BCUT2D eigenvalue weighted by atomic mass is 15.3. The molecule has 0 atom stereocenters. The molecule has 0 amide bonds. The number of aromatic nitrogens is 2. The van der Waals surface area contributed by atoms with Crippen molar-refractivity contribution >= 4 is 22.4 Å². The molecular formula is C21H18N4. The Balaban J connectivity index is 1.65. The molecule has 0 bridgehead atoms. The molecule has 4 aromatic rings. The summed E-state index contributed by atoms with van der Waals surface area (Å²) in [6, 6.07) is 28.2. The monoisotopic (exact) mass is 326 g/mol. The van der Waals surface area contributed by atoms with Crippen LogP contribution >= 0.6 is 0 Å². The first-order valence-corrected chi connectivity index (χ1v) is 8.25. The van der Waals surface area contributed by atoms with E-state index < -0.39 is 0 Å². The van der Waals surface area contributed by atoms with Gasteiger partial charge in [0.2, 0.25) is 0 Å². The Morgan fingerprint density at radius 1 is 0.840 bits per heavy atom. The van der Waals surface area contributed by atoms with Gasteiger partial charge in [0.1, 0.15) is 5.82 Å². The number of benzene rings is 3. The summed E-state index contributed by atoms with van der Waals surface area (Å²) in [5.41, 5.74) is 8.13. The van der Waals surface area contributed by atoms with E-state index in [9.17, 15) is 0 Å². The van der Waals surface area contributed by atoms with Gasteiger partial charge in [0.25, 0.3) is 0 Å². The second-order valence-corrected chi connectivity index (χ2v) is 5.78. The van der Waals surface area contributed by atoms with Crippen LogP contribution in [0.2, 0.25) is 0 Å². The normalized spacial score (nSPS) is 11.6. The average Bonchev–Trinajstić information content (AvgIpc) is 3.09. The first-order chi connectivity index (χ1) is 12.4. The van der Waals surface area contributed by atoms with Crippen LogP contribution in [-0.4, -0.2) is 15.7 Å². The summed E-state index contributed by atoms with van der Waals surface area (Å²) in [5.74, 6) is 0.902. The smallest absolute Gasteiger partial charge is 0.113 e. The van der Waals surface area contributed by atoms with Crippen molar-refractivity contribution in [1.82, 2.24) is 9.97 Å². The lowest BCUT2D eigenvalue weighted by molar-refractivity contribution is 1.09. The van der Waals surface area contributed by atoms with E-state index in [0.717, 1.165) is 33.8 Å². The predicted octanol–water partition coefficient (Wildman–Crippen LogP) is 4.62. The zero-order valence-electron chi connectivity index (χ0n) is 13.7. The Morgan fingerprint density at radius 2 is 1.52 bits per heavy atom. The van der Waals surface area contributed by atoms with Crippen molar-refractivity contribution in [3.63, 3.8) is 0 Å². The maximum atomic E-state index is 4.67. The zero-order valence-corrected chi connectivity index (χ0v) is 13.7. The summed E-state index contributed by atoms with van der Waals surface area (Å²) in [6.07, 6.45) is 0.624. The first kappa shape index (κ1) is 15.1. The van der Waals surface area contributed by atoms with Crippen LogP contribution in [-0.2, 0) is 6.42 Å². The Morgan fingerprint density at radius 3 is 2.28 bits per heavy atom. The molecule has 0 saturated heterocycles. The number of nitrogens with one attached hydrogen (secondary N) is 2. The fourth-order valence-corrected chi connectivity index (χ4v) is 2.73. The molecule has 4 nitrogen and oxygen atoms in total. The van der Waals surface area contributed by atoms with E-state index >= 15 is 0 Å². The molecule has 0 saturated carbocycles. The molecule has 0 radical (unpaired) electrons. The molecule has 4 heteroatoms. The number of nitrogens with zero attached hydrogens (tertiary/aromatic N) is 2. The Bertz CT molecular complexity index is 955. The Labute approximate surface area is 146 Å². The van der Waals surface area contributed by atoms with E-state index in [1.54, 1.807) is 0 Å². The lowest BCUT2D eigenvalue weighted by Crippen LogP contribution is -2.09. The van der Waals surface area contributed by atoms with Gasteiger partial charge in [-0.3, -0.25) is 5.43 Å². The highest BCUT2D eigenvalue weighted by Gasteiger charge is 2.09. The zero-order chi connectivity index (χ0) is 16.9. The van der Waals surface area contributed by atoms with Crippen LogP contribution in [0, 0.1) is 0 Å². The molecule has 0 aliphatic heterocycles. The SMILES string of the molecule is c1ccc(N/N=C(/Cc2nc3ccccc3[nH]2)c2ccccc2)cc1. The molecule has 122 valence electrons. The lowest BCUT2D eigenvalue weighted by Gasteiger charge is -2.07. The van der Waals surface area contributed by atoms with Crippen LogP contribution in [0.1, 0.15) is 11.4 Å². The molecule has 2 N–H and O–H groups in total. The van der Waals surface area contributed by atoms with Crippen LogP contribution in [0.4, 0.5) is 5.69 Å². The van der Waals surface area contributed by atoms with Gasteiger partial charge in [0.15, 0.2) is 0 Å². The van der Waals surface area contributed by atoms with E-state index in [1.807, 2.05) is 72.8 Å². The summed E-state index contributed by atoms with van der Waals surface area (Å²) in [4.78, 5) is 8.04. The van der Waals surface area contributed by atoms with Crippen molar-refractivity contribution in [2.45, 2.75) is 6.42 Å². The predicted molar refractivity (Wildman–Crippen MR) is 103 cm³/mol. The summed E-state index contributed by atoms with van der Waals surface area (Å²) in [5, 5.41) is 4.64. The summed E-state index contributed by atoms with van der Waals surface area (Å²) in [6.45, 7) is 0. The molecular weight excluding hydrogens is 308 g/mol. The van der Waals surface area contributed by atoms with Crippen molar-refractivity contribution in [3.8, 4) is 0 Å². The van der Waals surface area contributed by atoms with Crippen molar-refractivity contribution in [1.29, 1.82) is 0 Å². The number of rotatable bonds is 5. The van der Waals surface area contributed by atoms with Gasteiger partial charge in [-0.25, -0.2) is 4.98 Å². The van der Waals surface area contributed by atoms with Crippen LogP contribution in [0.3, 0.4) is 0 Å². The van der Waals surface area contributed by atoms with Gasteiger partial charge in [-0.2, -0.15) is 5.10 Å². The highest BCUT2D eigenvalue weighted by molar-refractivity contribution is 6.02. The third-order valence-electron chi connectivity index (χ3n) is 3.97. The first-order valence-electron chi connectivity index (χ1n) is 8.25. The molecule has 0 unspecified atom stereocenters. The minimum Gasteiger partial charge on any atom is -0.342 e. The van der Waals surface area contributed by atoms with E-state index in [2.05, 4.69) is 32.6 Å². The fourth-order valence-electron chi connectivity index (χ4n) is 2.73. The number of hydrogen-bond donors (Lipinski definition) is 2. The van der Waals surface area contributed by atoms with Crippen LogP contribution in [0.25, 0.3) is 11.0 Å². The standard InChI is InChI=1S/C21H18N4/c1-3-9-16(10-4-1)20(25-24-17-11-5-2-6-12-17)15-21-22-18-13-7-8-14-19(18)23-21/h1-14,24H,15H2,(H,22,23)/b25-20-. The van der Waals surface area contributed by atoms with Gasteiger partial charge in [-0.15, -0.1) is 0 Å². The van der Waals surface area contributed by atoms with Gasteiger partial charge >= 0.3 is 0 Å². The van der Waals surface area contributed by atoms with Crippen molar-refractivity contribution in [2.75, 3.05) is 5.43 Å². The average molecular weight is 326 g/mol. The van der Waals surface area contributed by atoms with Gasteiger partial charge < -0.3 is 4.98 Å². The number of aromatic amines is 1. The summed E-state index contributed by atoms with van der Waals surface area (Å²) in [7, 11) is 0. The molecule has 3 aromatic carbocycles. The van der Waals surface area contributed by atoms with E-state index in [4.69, 9.17) is 0 Å². The fraction of sp³-hybridized carbons (Fsp3) is 0.0476. The van der Waals surface area contributed by atoms with E-state index in [1.165, 1.54) is 0 Å². The van der Waals surface area contributed by atoms with E-state index in [-0.39, 0.29) is 0 Å². The van der Waals surface area contributed by atoms with Gasteiger partial charge in [0.05, 0.1) is 28.9 Å². The van der Waals surface area contributed by atoms with Crippen LogP contribution in [0.5, 0.6) is 0 Å². The van der Waals surface area contributed by atoms with E-state index in [0.29, 0.717) is 6.42 Å². The molecule has 0 fully saturated rings.